The summed E-state index contributed by atoms with van der Waals surface area (Å²) in [5, 5.41) is 5.92. The smallest absolute Gasteiger partial charge is 0.341 e. The standard InChI is InChI=1S/C12H14N2O3S2/c1-3-17-12(15)9-7-13-14(2)10(9)8-19(16)11-5-4-6-18-11/h4-7H,3,8H2,1-2H3. The monoisotopic (exact) mass is 298 g/mol. The second-order valence-electron chi connectivity index (χ2n) is 3.77. The fourth-order valence-electron chi connectivity index (χ4n) is 1.60. The van der Waals surface area contributed by atoms with Crippen molar-refractivity contribution in [3.05, 3.63) is 35.0 Å². The van der Waals surface area contributed by atoms with Gasteiger partial charge in [-0.05, 0) is 18.4 Å². The van der Waals surface area contributed by atoms with E-state index in [2.05, 4.69) is 5.10 Å². The Morgan fingerprint density at radius 3 is 3.00 bits per heavy atom. The molecule has 0 aromatic carbocycles. The van der Waals surface area contributed by atoms with Crippen molar-refractivity contribution < 1.29 is 13.7 Å². The van der Waals surface area contributed by atoms with Crippen molar-refractivity contribution in [2.45, 2.75) is 16.9 Å². The molecule has 0 amide bonds. The molecule has 0 saturated carbocycles. The number of aryl methyl sites for hydroxylation is 1. The summed E-state index contributed by atoms with van der Waals surface area (Å²) >= 11 is 1.44. The third-order valence-corrected chi connectivity index (χ3v) is 5.17. The van der Waals surface area contributed by atoms with Crippen LogP contribution in [0, 0.1) is 0 Å². The van der Waals surface area contributed by atoms with Gasteiger partial charge in [0.2, 0.25) is 0 Å². The SMILES string of the molecule is CCOC(=O)c1cnn(C)c1CS(=O)c1cccs1. The largest absolute Gasteiger partial charge is 0.462 e. The van der Waals surface area contributed by atoms with Crippen LogP contribution in [0.15, 0.2) is 27.9 Å². The van der Waals surface area contributed by atoms with Gasteiger partial charge in [-0.1, -0.05) is 6.07 Å². The summed E-state index contributed by atoms with van der Waals surface area (Å²) in [5.41, 5.74) is 1.01. The highest BCUT2D eigenvalue weighted by Crippen LogP contribution is 2.19. The van der Waals surface area contributed by atoms with Crippen LogP contribution in [0.25, 0.3) is 0 Å². The molecule has 0 saturated heterocycles. The summed E-state index contributed by atoms with van der Waals surface area (Å²) in [7, 11) is 0.553. The van der Waals surface area contributed by atoms with Crippen molar-refractivity contribution in [3.8, 4) is 0 Å². The number of esters is 1. The lowest BCUT2D eigenvalue weighted by Crippen LogP contribution is -2.10. The summed E-state index contributed by atoms with van der Waals surface area (Å²) in [6.07, 6.45) is 1.46. The van der Waals surface area contributed by atoms with Crippen molar-refractivity contribution in [1.29, 1.82) is 0 Å². The maximum Gasteiger partial charge on any atom is 0.341 e. The number of rotatable bonds is 5. The van der Waals surface area contributed by atoms with Crippen LogP contribution in [0.2, 0.25) is 0 Å². The Labute approximate surface area is 117 Å². The first-order chi connectivity index (χ1) is 9.13. The van der Waals surface area contributed by atoms with E-state index >= 15 is 0 Å². The first-order valence-electron chi connectivity index (χ1n) is 5.73. The highest BCUT2D eigenvalue weighted by Gasteiger charge is 2.19. The van der Waals surface area contributed by atoms with E-state index in [0.717, 1.165) is 4.21 Å². The number of nitrogens with zero attached hydrogens (tertiary/aromatic N) is 2. The van der Waals surface area contributed by atoms with Gasteiger partial charge in [-0.3, -0.25) is 8.89 Å². The van der Waals surface area contributed by atoms with Crippen LogP contribution in [0.3, 0.4) is 0 Å². The molecule has 7 heteroatoms. The topological polar surface area (TPSA) is 61.2 Å². The van der Waals surface area contributed by atoms with E-state index in [-0.39, 0.29) is 5.75 Å². The molecule has 0 N–H and O–H groups in total. The Hall–Kier alpha value is -1.47. The second kappa shape index (κ2) is 6.12. The molecular weight excluding hydrogens is 284 g/mol. The molecule has 0 aliphatic heterocycles. The Morgan fingerprint density at radius 2 is 2.37 bits per heavy atom. The fraction of sp³-hybridized carbons (Fsp3) is 0.333. The first-order valence-corrected chi connectivity index (χ1v) is 7.93. The lowest BCUT2D eigenvalue weighted by molar-refractivity contribution is 0.0525. The van der Waals surface area contributed by atoms with Gasteiger partial charge in [0.1, 0.15) is 5.56 Å². The normalized spacial score (nSPS) is 12.3. The van der Waals surface area contributed by atoms with E-state index in [9.17, 15) is 9.00 Å². The number of aromatic nitrogens is 2. The number of hydrogen-bond donors (Lipinski definition) is 0. The summed E-state index contributed by atoms with van der Waals surface area (Å²) in [5.74, 6) is -0.167. The minimum absolute atomic E-state index is 0.255. The number of carbonyl (C=O) groups is 1. The molecule has 1 unspecified atom stereocenters. The van der Waals surface area contributed by atoms with Gasteiger partial charge >= 0.3 is 5.97 Å². The van der Waals surface area contributed by atoms with Gasteiger partial charge in [-0.2, -0.15) is 5.10 Å². The van der Waals surface area contributed by atoms with E-state index in [1.807, 2.05) is 17.5 Å². The molecule has 5 nitrogen and oxygen atoms in total. The molecule has 0 radical (unpaired) electrons. The number of carbonyl (C=O) groups excluding carboxylic acids is 1. The molecule has 2 aromatic rings. The van der Waals surface area contributed by atoms with E-state index in [1.54, 1.807) is 18.7 Å². The molecule has 0 aliphatic carbocycles. The van der Waals surface area contributed by atoms with Crippen LogP contribution in [0.4, 0.5) is 0 Å². The zero-order valence-corrected chi connectivity index (χ0v) is 12.3. The van der Waals surface area contributed by atoms with Crippen molar-refractivity contribution in [2.75, 3.05) is 6.61 Å². The average Bonchev–Trinajstić information content (AvgIpc) is 3.01. The van der Waals surface area contributed by atoms with Crippen LogP contribution >= 0.6 is 11.3 Å². The van der Waals surface area contributed by atoms with Crippen molar-refractivity contribution in [1.82, 2.24) is 9.78 Å². The Balaban J connectivity index is 2.22. The van der Waals surface area contributed by atoms with Crippen LogP contribution in [-0.2, 0) is 28.3 Å². The average molecular weight is 298 g/mol. The third-order valence-electron chi connectivity index (χ3n) is 2.54. The predicted molar refractivity (Wildman–Crippen MR) is 73.6 cm³/mol. The molecule has 19 heavy (non-hydrogen) atoms. The predicted octanol–water partition coefficient (Wildman–Crippen LogP) is 1.97. The molecule has 2 heterocycles. The van der Waals surface area contributed by atoms with Crippen LogP contribution < -0.4 is 0 Å². The van der Waals surface area contributed by atoms with E-state index < -0.39 is 16.8 Å². The van der Waals surface area contributed by atoms with Crippen molar-refractivity contribution >= 4 is 28.1 Å². The van der Waals surface area contributed by atoms with Crippen LogP contribution in [0.1, 0.15) is 23.0 Å². The molecule has 0 fully saturated rings. The van der Waals surface area contributed by atoms with Gasteiger partial charge in [0, 0.05) is 7.05 Å². The maximum absolute atomic E-state index is 12.2. The van der Waals surface area contributed by atoms with Gasteiger partial charge in [-0.15, -0.1) is 11.3 Å². The Morgan fingerprint density at radius 1 is 1.58 bits per heavy atom. The molecule has 102 valence electrons. The lowest BCUT2D eigenvalue weighted by atomic mass is 10.3. The fourth-order valence-corrected chi connectivity index (χ4v) is 3.79. The zero-order chi connectivity index (χ0) is 13.8. The van der Waals surface area contributed by atoms with E-state index in [1.165, 1.54) is 17.5 Å². The Kier molecular flexibility index (Phi) is 4.49. The zero-order valence-electron chi connectivity index (χ0n) is 10.7. The third kappa shape index (κ3) is 3.10. The number of hydrogen-bond acceptors (Lipinski definition) is 5. The van der Waals surface area contributed by atoms with Crippen LogP contribution in [0.5, 0.6) is 0 Å². The van der Waals surface area contributed by atoms with Gasteiger partial charge in [-0.25, -0.2) is 4.79 Å². The van der Waals surface area contributed by atoms with E-state index in [0.29, 0.717) is 17.9 Å². The molecule has 1 atom stereocenters. The highest BCUT2D eigenvalue weighted by atomic mass is 32.2. The van der Waals surface area contributed by atoms with E-state index in [4.69, 9.17) is 4.74 Å². The summed E-state index contributed by atoms with van der Waals surface area (Å²) < 4.78 is 19.5. The molecule has 0 bridgehead atoms. The first kappa shape index (κ1) is 14.0. The lowest BCUT2D eigenvalue weighted by Gasteiger charge is -2.05. The molecular formula is C12H14N2O3S2. The van der Waals surface area contributed by atoms with Crippen LogP contribution in [-0.4, -0.2) is 26.6 Å². The quantitative estimate of drug-likeness (QED) is 0.792. The Bertz CT molecular complexity index is 590. The second-order valence-corrected chi connectivity index (χ2v) is 6.40. The molecule has 0 spiro atoms. The molecule has 2 aromatic heterocycles. The number of ether oxygens (including phenoxy) is 1. The molecule has 0 aliphatic rings. The van der Waals surface area contributed by atoms with Crippen molar-refractivity contribution in [3.63, 3.8) is 0 Å². The minimum Gasteiger partial charge on any atom is -0.462 e. The van der Waals surface area contributed by atoms with Gasteiger partial charge < -0.3 is 4.74 Å². The molecule has 2 rings (SSSR count). The number of thiophene rings is 1. The maximum atomic E-state index is 12.2. The summed E-state index contributed by atoms with van der Waals surface area (Å²) in [4.78, 5) is 11.8. The minimum atomic E-state index is -1.17. The summed E-state index contributed by atoms with van der Waals surface area (Å²) in [6, 6.07) is 3.68. The van der Waals surface area contributed by atoms with Crippen molar-refractivity contribution in [2.24, 2.45) is 7.05 Å². The van der Waals surface area contributed by atoms with Gasteiger partial charge in [0.25, 0.3) is 0 Å². The van der Waals surface area contributed by atoms with Gasteiger partial charge in [0.15, 0.2) is 0 Å². The highest BCUT2D eigenvalue weighted by molar-refractivity contribution is 7.86. The van der Waals surface area contributed by atoms with Gasteiger partial charge in [0.05, 0.1) is 39.3 Å². The summed E-state index contributed by atoms with van der Waals surface area (Å²) in [6.45, 7) is 2.05.